The van der Waals surface area contributed by atoms with Crippen LogP contribution < -0.4 is 5.32 Å². The second-order valence-electron chi connectivity index (χ2n) is 3.93. The Balaban J connectivity index is 2.71. The lowest BCUT2D eigenvalue weighted by Crippen LogP contribution is -2.43. The molecule has 1 atom stereocenters. The minimum Gasteiger partial charge on any atom is -0.449 e. The van der Waals surface area contributed by atoms with Crippen LogP contribution in [0.5, 0.6) is 0 Å². The summed E-state index contributed by atoms with van der Waals surface area (Å²) in [7, 11) is 0. The predicted molar refractivity (Wildman–Crippen MR) is 68.9 cm³/mol. The summed E-state index contributed by atoms with van der Waals surface area (Å²) in [6, 6.07) is 10.3. The van der Waals surface area contributed by atoms with Gasteiger partial charge in [0.1, 0.15) is 12.1 Å². The first-order valence-corrected chi connectivity index (χ1v) is 6.04. The molecule has 0 saturated heterocycles. The number of carbonyl (C=O) groups excluding carboxylic acids is 2. The SMILES string of the molecule is CCC(=O)N[C@@H](Cc1ccccc1)C(=O)OCC#N. The average molecular weight is 260 g/mol. The van der Waals surface area contributed by atoms with Gasteiger partial charge in [0, 0.05) is 12.8 Å². The van der Waals surface area contributed by atoms with Crippen molar-refractivity contribution in [1.29, 1.82) is 5.26 Å². The smallest absolute Gasteiger partial charge is 0.330 e. The van der Waals surface area contributed by atoms with Crippen LogP contribution in [0.3, 0.4) is 0 Å². The standard InChI is InChI=1S/C14H16N2O3/c1-2-13(17)16-12(14(18)19-9-8-15)10-11-6-4-3-5-7-11/h3-7,12H,2,9-10H2,1H3,(H,16,17)/t12-/m0/s1. The minimum absolute atomic E-state index is 0.227. The molecule has 1 N–H and O–H groups in total. The van der Waals surface area contributed by atoms with Gasteiger partial charge in [-0.05, 0) is 5.56 Å². The van der Waals surface area contributed by atoms with Crippen molar-refractivity contribution in [2.45, 2.75) is 25.8 Å². The normalized spacial score (nSPS) is 11.2. The van der Waals surface area contributed by atoms with Crippen molar-refractivity contribution in [1.82, 2.24) is 5.32 Å². The van der Waals surface area contributed by atoms with E-state index >= 15 is 0 Å². The topological polar surface area (TPSA) is 79.2 Å². The van der Waals surface area contributed by atoms with Crippen molar-refractivity contribution < 1.29 is 14.3 Å². The molecular formula is C14H16N2O3. The molecule has 0 saturated carbocycles. The van der Waals surface area contributed by atoms with Crippen LogP contribution in [-0.4, -0.2) is 24.5 Å². The number of amides is 1. The lowest BCUT2D eigenvalue weighted by molar-refractivity contribution is -0.146. The molecule has 0 bridgehead atoms. The Morgan fingerprint density at radius 1 is 1.37 bits per heavy atom. The fourth-order valence-electron chi connectivity index (χ4n) is 1.54. The number of ether oxygens (including phenoxy) is 1. The fourth-order valence-corrected chi connectivity index (χ4v) is 1.54. The van der Waals surface area contributed by atoms with Gasteiger partial charge >= 0.3 is 5.97 Å². The molecule has 0 aliphatic carbocycles. The van der Waals surface area contributed by atoms with Crippen molar-refractivity contribution >= 4 is 11.9 Å². The van der Waals surface area contributed by atoms with E-state index in [-0.39, 0.29) is 18.9 Å². The average Bonchev–Trinajstić information content (AvgIpc) is 2.44. The van der Waals surface area contributed by atoms with Crippen LogP contribution >= 0.6 is 0 Å². The second-order valence-corrected chi connectivity index (χ2v) is 3.93. The summed E-state index contributed by atoms with van der Waals surface area (Å²) in [5, 5.41) is 11.0. The van der Waals surface area contributed by atoms with Crippen LogP contribution in [0.1, 0.15) is 18.9 Å². The Morgan fingerprint density at radius 3 is 2.63 bits per heavy atom. The molecule has 0 aliphatic rings. The Bertz CT molecular complexity index is 465. The summed E-state index contributed by atoms with van der Waals surface area (Å²) in [6.45, 7) is 1.39. The molecule has 5 nitrogen and oxygen atoms in total. The van der Waals surface area contributed by atoms with Gasteiger partial charge in [-0.1, -0.05) is 37.3 Å². The Kier molecular flexibility index (Phi) is 6.10. The van der Waals surface area contributed by atoms with E-state index < -0.39 is 12.0 Å². The lowest BCUT2D eigenvalue weighted by atomic mass is 10.1. The summed E-state index contributed by atoms with van der Waals surface area (Å²) in [4.78, 5) is 23.2. The highest BCUT2D eigenvalue weighted by Gasteiger charge is 2.22. The number of hydrogen-bond acceptors (Lipinski definition) is 4. The molecule has 5 heteroatoms. The molecule has 1 aromatic rings. The molecule has 100 valence electrons. The molecule has 19 heavy (non-hydrogen) atoms. The molecule has 0 fully saturated rings. The monoisotopic (exact) mass is 260 g/mol. The van der Waals surface area contributed by atoms with Crippen molar-refractivity contribution in [3.63, 3.8) is 0 Å². The zero-order valence-corrected chi connectivity index (χ0v) is 10.8. The molecule has 0 aliphatic heterocycles. The highest BCUT2D eigenvalue weighted by Crippen LogP contribution is 2.05. The zero-order valence-electron chi connectivity index (χ0n) is 10.8. The van der Waals surface area contributed by atoms with Gasteiger partial charge in [-0.3, -0.25) is 4.79 Å². The Labute approximate surface area is 112 Å². The van der Waals surface area contributed by atoms with Gasteiger partial charge in [0.2, 0.25) is 5.91 Å². The summed E-state index contributed by atoms with van der Waals surface area (Å²) < 4.78 is 4.76. The first-order chi connectivity index (χ1) is 9.17. The summed E-state index contributed by atoms with van der Waals surface area (Å²) in [5.74, 6) is -0.818. The van der Waals surface area contributed by atoms with Gasteiger partial charge in [-0.2, -0.15) is 5.26 Å². The second kappa shape index (κ2) is 7.88. The van der Waals surface area contributed by atoms with E-state index in [1.54, 1.807) is 13.0 Å². The van der Waals surface area contributed by atoms with E-state index in [9.17, 15) is 9.59 Å². The van der Waals surface area contributed by atoms with Crippen molar-refractivity contribution in [3.8, 4) is 6.07 Å². The van der Waals surface area contributed by atoms with E-state index in [0.29, 0.717) is 6.42 Å². The molecular weight excluding hydrogens is 244 g/mol. The Morgan fingerprint density at radius 2 is 2.05 bits per heavy atom. The van der Waals surface area contributed by atoms with Crippen molar-refractivity contribution in [3.05, 3.63) is 35.9 Å². The number of nitrogens with one attached hydrogen (secondary N) is 1. The summed E-state index contributed by atoms with van der Waals surface area (Å²) in [5.41, 5.74) is 0.915. The minimum atomic E-state index is -0.761. The molecule has 0 heterocycles. The van der Waals surface area contributed by atoms with Gasteiger partial charge in [0.05, 0.1) is 0 Å². The van der Waals surface area contributed by atoms with Crippen molar-refractivity contribution in [2.75, 3.05) is 6.61 Å². The van der Waals surface area contributed by atoms with Gasteiger partial charge in [0.25, 0.3) is 0 Å². The predicted octanol–water partition coefficient (Wildman–Crippen LogP) is 1.19. The number of esters is 1. The largest absolute Gasteiger partial charge is 0.449 e. The summed E-state index contributed by atoms with van der Waals surface area (Å²) in [6.07, 6.45) is 0.633. The molecule has 1 amide bonds. The van der Waals surface area contributed by atoms with Crippen molar-refractivity contribution in [2.24, 2.45) is 0 Å². The number of carbonyl (C=O) groups is 2. The Hall–Kier alpha value is -2.35. The third kappa shape index (κ3) is 5.21. The van der Waals surface area contributed by atoms with Crippen LogP contribution in [0.15, 0.2) is 30.3 Å². The molecule has 0 spiro atoms. The quantitative estimate of drug-likeness (QED) is 0.779. The van der Waals surface area contributed by atoms with Gasteiger partial charge < -0.3 is 10.1 Å². The fraction of sp³-hybridized carbons (Fsp3) is 0.357. The third-order valence-electron chi connectivity index (χ3n) is 2.50. The highest BCUT2D eigenvalue weighted by molar-refractivity contribution is 5.84. The van der Waals surface area contributed by atoms with E-state index in [1.807, 2.05) is 30.3 Å². The molecule has 0 radical (unpaired) electrons. The number of rotatable bonds is 6. The van der Waals surface area contributed by atoms with Crippen LogP contribution in [-0.2, 0) is 20.7 Å². The molecule has 1 rings (SSSR count). The maximum atomic E-state index is 11.8. The summed E-state index contributed by atoms with van der Waals surface area (Å²) >= 11 is 0. The van der Waals surface area contributed by atoms with Gasteiger partial charge in [-0.15, -0.1) is 0 Å². The van der Waals surface area contributed by atoms with Crippen LogP contribution in [0.2, 0.25) is 0 Å². The molecule has 0 aromatic heterocycles. The number of benzene rings is 1. The van der Waals surface area contributed by atoms with E-state index in [2.05, 4.69) is 5.32 Å². The maximum Gasteiger partial charge on any atom is 0.330 e. The molecule has 0 unspecified atom stereocenters. The van der Waals surface area contributed by atoms with Crippen LogP contribution in [0.4, 0.5) is 0 Å². The van der Waals surface area contributed by atoms with Gasteiger partial charge in [0.15, 0.2) is 6.61 Å². The molecule has 1 aromatic carbocycles. The van der Waals surface area contributed by atoms with E-state index in [1.165, 1.54) is 0 Å². The number of hydrogen-bond donors (Lipinski definition) is 1. The van der Waals surface area contributed by atoms with E-state index in [0.717, 1.165) is 5.56 Å². The lowest BCUT2D eigenvalue weighted by Gasteiger charge is -2.16. The van der Waals surface area contributed by atoms with Crippen LogP contribution in [0.25, 0.3) is 0 Å². The third-order valence-corrected chi connectivity index (χ3v) is 2.50. The highest BCUT2D eigenvalue weighted by atomic mass is 16.5. The number of nitrogens with zero attached hydrogens (tertiary/aromatic N) is 1. The first kappa shape index (κ1) is 14.7. The first-order valence-electron chi connectivity index (χ1n) is 6.04. The maximum absolute atomic E-state index is 11.8. The van der Waals surface area contributed by atoms with Gasteiger partial charge in [-0.25, -0.2) is 4.79 Å². The van der Waals surface area contributed by atoms with Crippen LogP contribution in [0, 0.1) is 11.3 Å². The zero-order chi connectivity index (χ0) is 14.1. The van der Waals surface area contributed by atoms with E-state index in [4.69, 9.17) is 10.00 Å². The number of nitriles is 1.